The molecule has 2 aliphatic heterocycles. The molecule has 0 bridgehead atoms. The van der Waals surface area contributed by atoms with Gasteiger partial charge in [-0.2, -0.15) is 0 Å². The van der Waals surface area contributed by atoms with Crippen LogP contribution >= 0.6 is 0 Å². The van der Waals surface area contributed by atoms with Crippen molar-refractivity contribution >= 4 is 0 Å². The molecule has 13 heavy (non-hydrogen) atoms. The Morgan fingerprint density at radius 2 is 1.77 bits per heavy atom. The third kappa shape index (κ3) is 2.79. The second-order valence-corrected chi connectivity index (χ2v) is 3.38. The van der Waals surface area contributed by atoms with Crippen molar-refractivity contribution in [1.82, 2.24) is 0 Å². The highest BCUT2D eigenvalue weighted by Crippen LogP contribution is 2.16. The van der Waals surface area contributed by atoms with Gasteiger partial charge in [0.1, 0.15) is 0 Å². The maximum atomic E-state index is 5.35. The summed E-state index contributed by atoms with van der Waals surface area (Å²) >= 11 is 0. The van der Waals surface area contributed by atoms with Crippen molar-refractivity contribution in [3.8, 4) is 0 Å². The maximum absolute atomic E-state index is 5.35. The molecule has 0 N–H and O–H groups in total. The van der Waals surface area contributed by atoms with E-state index in [1.165, 1.54) is 5.57 Å². The van der Waals surface area contributed by atoms with Gasteiger partial charge in [0, 0.05) is 6.42 Å². The van der Waals surface area contributed by atoms with Crippen LogP contribution in [0.3, 0.4) is 0 Å². The molecule has 0 spiro atoms. The predicted octanol–water partition coefficient (Wildman–Crippen LogP) is 1.49. The number of ether oxygens (including phenoxy) is 3. The maximum Gasteiger partial charge on any atom is 0.161 e. The van der Waals surface area contributed by atoms with Crippen LogP contribution in [0.15, 0.2) is 11.6 Å². The average molecular weight is 184 g/mol. The van der Waals surface area contributed by atoms with E-state index in [9.17, 15) is 0 Å². The lowest BCUT2D eigenvalue weighted by molar-refractivity contribution is -0.0383. The van der Waals surface area contributed by atoms with E-state index in [-0.39, 0.29) is 6.29 Å². The van der Waals surface area contributed by atoms with Crippen LogP contribution in [0.1, 0.15) is 19.3 Å². The van der Waals surface area contributed by atoms with Crippen LogP contribution in [-0.4, -0.2) is 32.7 Å². The molecule has 3 heteroatoms. The van der Waals surface area contributed by atoms with Crippen LogP contribution < -0.4 is 0 Å². The molecule has 74 valence electrons. The smallest absolute Gasteiger partial charge is 0.161 e. The predicted molar refractivity (Wildman–Crippen MR) is 48.4 cm³/mol. The van der Waals surface area contributed by atoms with Crippen molar-refractivity contribution in [2.24, 2.45) is 0 Å². The van der Waals surface area contributed by atoms with Crippen molar-refractivity contribution in [2.45, 2.75) is 25.6 Å². The first-order chi connectivity index (χ1) is 6.45. The minimum absolute atomic E-state index is 0.00958. The quantitative estimate of drug-likeness (QED) is 0.608. The highest BCUT2D eigenvalue weighted by atomic mass is 16.7. The molecule has 2 saturated heterocycles. The van der Waals surface area contributed by atoms with Crippen LogP contribution in [0.25, 0.3) is 0 Å². The molecule has 0 amide bonds. The summed E-state index contributed by atoms with van der Waals surface area (Å²) in [7, 11) is 0. The van der Waals surface area contributed by atoms with Gasteiger partial charge in [-0.05, 0) is 12.8 Å². The molecule has 2 fully saturated rings. The monoisotopic (exact) mass is 184 g/mol. The first-order valence-electron chi connectivity index (χ1n) is 4.94. The van der Waals surface area contributed by atoms with Crippen LogP contribution in [0, 0.1) is 0 Å². The summed E-state index contributed by atoms with van der Waals surface area (Å²) in [5, 5.41) is 0. The molecule has 0 unspecified atom stereocenters. The highest BCUT2D eigenvalue weighted by molar-refractivity contribution is 5.04. The number of hydrogen-bond acceptors (Lipinski definition) is 3. The first-order valence-corrected chi connectivity index (χ1v) is 4.94. The van der Waals surface area contributed by atoms with E-state index in [2.05, 4.69) is 6.08 Å². The van der Waals surface area contributed by atoms with Crippen molar-refractivity contribution in [1.29, 1.82) is 0 Å². The third-order valence-electron chi connectivity index (χ3n) is 2.42. The van der Waals surface area contributed by atoms with E-state index >= 15 is 0 Å². The largest absolute Gasteiger partial charge is 0.381 e. The van der Waals surface area contributed by atoms with E-state index in [0.717, 1.165) is 45.7 Å². The van der Waals surface area contributed by atoms with Crippen molar-refractivity contribution in [3.63, 3.8) is 0 Å². The third-order valence-corrected chi connectivity index (χ3v) is 2.42. The fourth-order valence-corrected chi connectivity index (χ4v) is 1.64. The summed E-state index contributed by atoms with van der Waals surface area (Å²) in [5.74, 6) is 0. The molecule has 0 aromatic carbocycles. The lowest BCUT2D eigenvalue weighted by Crippen LogP contribution is -2.09. The van der Waals surface area contributed by atoms with Crippen LogP contribution in [0.5, 0.6) is 0 Å². The summed E-state index contributed by atoms with van der Waals surface area (Å²) in [4.78, 5) is 0. The molecule has 2 rings (SSSR count). The molecule has 2 heterocycles. The van der Waals surface area contributed by atoms with Crippen molar-refractivity contribution in [2.75, 3.05) is 26.4 Å². The second kappa shape index (κ2) is 4.74. The Kier molecular flexibility index (Phi) is 3.35. The summed E-state index contributed by atoms with van der Waals surface area (Å²) in [6.45, 7) is 3.24. The molecule has 0 aliphatic carbocycles. The molecule has 0 aromatic heterocycles. The van der Waals surface area contributed by atoms with E-state index in [1.807, 2.05) is 0 Å². The summed E-state index contributed by atoms with van der Waals surface area (Å²) in [6, 6.07) is 0. The standard InChI is InChI=1S/C10H16O3/c1(2-10-12-7-8-13-10)9-3-5-11-6-4-9/h1,10H,2-8H2. The van der Waals surface area contributed by atoms with Crippen LogP contribution in [0.2, 0.25) is 0 Å². The van der Waals surface area contributed by atoms with Crippen molar-refractivity contribution < 1.29 is 14.2 Å². The lowest BCUT2D eigenvalue weighted by Gasteiger charge is -2.15. The zero-order chi connectivity index (χ0) is 8.93. The van der Waals surface area contributed by atoms with Gasteiger partial charge in [-0.1, -0.05) is 11.6 Å². The lowest BCUT2D eigenvalue weighted by atomic mass is 10.1. The van der Waals surface area contributed by atoms with Gasteiger partial charge in [-0.3, -0.25) is 0 Å². The number of rotatable bonds is 2. The molecule has 0 atom stereocenters. The Morgan fingerprint density at radius 1 is 1.08 bits per heavy atom. The minimum atomic E-state index is 0.00958. The molecule has 3 nitrogen and oxygen atoms in total. The Bertz CT molecular complexity index is 175. The topological polar surface area (TPSA) is 27.7 Å². The molecule has 0 aromatic rings. The average Bonchev–Trinajstić information content (AvgIpc) is 2.69. The Hall–Kier alpha value is -0.380. The van der Waals surface area contributed by atoms with Crippen LogP contribution in [0.4, 0.5) is 0 Å². The highest BCUT2D eigenvalue weighted by Gasteiger charge is 2.14. The van der Waals surface area contributed by atoms with Gasteiger partial charge < -0.3 is 14.2 Å². The van der Waals surface area contributed by atoms with Gasteiger partial charge in [0.15, 0.2) is 6.29 Å². The zero-order valence-corrected chi connectivity index (χ0v) is 7.83. The Morgan fingerprint density at radius 3 is 2.46 bits per heavy atom. The summed E-state index contributed by atoms with van der Waals surface area (Å²) in [5.41, 5.74) is 1.49. The van der Waals surface area contributed by atoms with E-state index in [0.29, 0.717) is 0 Å². The van der Waals surface area contributed by atoms with E-state index < -0.39 is 0 Å². The fraction of sp³-hybridized carbons (Fsp3) is 0.800. The van der Waals surface area contributed by atoms with Gasteiger partial charge in [-0.25, -0.2) is 0 Å². The Balaban J connectivity index is 1.74. The summed E-state index contributed by atoms with van der Waals surface area (Å²) < 4.78 is 16.0. The van der Waals surface area contributed by atoms with E-state index in [4.69, 9.17) is 14.2 Å². The van der Waals surface area contributed by atoms with Gasteiger partial charge in [0.25, 0.3) is 0 Å². The number of hydrogen-bond donors (Lipinski definition) is 0. The van der Waals surface area contributed by atoms with Gasteiger partial charge in [-0.15, -0.1) is 0 Å². The zero-order valence-electron chi connectivity index (χ0n) is 7.83. The normalized spacial score (nSPS) is 25.1. The molecular formula is C10H16O3. The molecule has 2 aliphatic rings. The second-order valence-electron chi connectivity index (χ2n) is 3.38. The first kappa shape index (κ1) is 9.19. The summed E-state index contributed by atoms with van der Waals surface area (Å²) in [6.07, 6.45) is 5.31. The van der Waals surface area contributed by atoms with Gasteiger partial charge in [0.05, 0.1) is 26.4 Å². The molecular weight excluding hydrogens is 168 g/mol. The Labute approximate surface area is 78.7 Å². The molecule has 0 radical (unpaired) electrons. The fourth-order valence-electron chi connectivity index (χ4n) is 1.64. The van der Waals surface area contributed by atoms with E-state index in [1.54, 1.807) is 0 Å². The minimum Gasteiger partial charge on any atom is -0.381 e. The SMILES string of the molecule is C(CC1OCCO1)=C1CCOCC1. The van der Waals surface area contributed by atoms with Gasteiger partial charge in [0.2, 0.25) is 0 Å². The van der Waals surface area contributed by atoms with Gasteiger partial charge >= 0.3 is 0 Å². The molecule has 0 saturated carbocycles. The van der Waals surface area contributed by atoms with Crippen molar-refractivity contribution in [3.05, 3.63) is 11.6 Å². The van der Waals surface area contributed by atoms with Crippen LogP contribution in [-0.2, 0) is 14.2 Å².